The minimum atomic E-state index is -1.16. The Morgan fingerprint density at radius 3 is 2.58 bits per heavy atom. The number of carboxylic acid groups (broad SMARTS) is 1. The van der Waals surface area contributed by atoms with Crippen molar-refractivity contribution in [2.24, 2.45) is 0 Å². The highest BCUT2D eigenvalue weighted by Crippen LogP contribution is 2.34. The van der Waals surface area contributed by atoms with Gasteiger partial charge in [-0.25, -0.2) is 4.79 Å². The number of amides is 2. The summed E-state index contributed by atoms with van der Waals surface area (Å²) in [5.74, 6) is -1.68. The van der Waals surface area contributed by atoms with Gasteiger partial charge in [0.15, 0.2) is 5.76 Å². The molecule has 0 saturated heterocycles. The standard InChI is InChI=1S/C16H16N2O5S/c1-9-8-11(17-13(19)10-4-2-7-23-10)24-12(9)14(20)18-16(15(21)22)5-3-6-16/h2,4,7-8H,3,5-6H2,1H3,(H,17,19)(H,18,20)(H,21,22). The molecule has 24 heavy (non-hydrogen) atoms. The maximum Gasteiger partial charge on any atom is 0.329 e. The van der Waals surface area contributed by atoms with Crippen molar-refractivity contribution < 1.29 is 23.9 Å². The molecule has 0 radical (unpaired) electrons. The molecule has 1 aliphatic rings. The number of carbonyl (C=O) groups excluding carboxylic acids is 2. The summed E-state index contributed by atoms with van der Waals surface area (Å²) in [5.41, 5.74) is -0.488. The first-order valence-corrected chi connectivity index (χ1v) is 8.24. The lowest BCUT2D eigenvalue weighted by Crippen LogP contribution is -2.59. The number of furan rings is 1. The van der Waals surface area contributed by atoms with Crippen molar-refractivity contribution in [1.29, 1.82) is 0 Å². The molecule has 0 atom stereocenters. The van der Waals surface area contributed by atoms with E-state index in [9.17, 15) is 19.5 Å². The Balaban J connectivity index is 1.73. The summed E-state index contributed by atoms with van der Waals surface area (Å²) < 4.78 is 5.01. The van der Waals surface area contributed by atoms with Crippen LogP contribution in [-0.2, 0) is 4.79 Å². The molecule has 2 amide bonds. The highest BCUT2D eigenvalue weighted by molar-refractivity contribution is 7.18. The molecule has 126 valence electrons. The van der Waals surface area contributed by atoms with Crippen molar-refractivity contribution in [2.45, 2.75) is 31.7 Å². The molecule has 3 N–H and O–H groups in total. The topological polar surface area (TPSA) is 109 Å². The zero-order valence-electron chi connectivity index (χ0n) is 12.9. The first-order valence-electron chi connectivity index (χ1n) is 7.42. The Morgan fingerprint density at radius 2 is 2.04 bits per heavy atom. The van der Waals surface area contributed by atoms with Crippen LogP contribution in [0.4, 0.5) is 5.00 Å². The van der Waals surface area contributed by atoms with E-state index in [2.05, 4.69) is 10.6 Å². The third-order valence-corrected chi connectivity index (χ3v) is 5.23. The highest BCUT2D eigenvalue weighted by Gasteiger charge is 2.46. The van der Waals surface area contributed by atoms with Crippen LogP contribution in [0, 0.1) is 6.92 Å². The lowest BCUT2D eigenvalue weighted by atomic mass is 9.76. The number of anilines is 1. The lowest BCUT2D eigenvalue weighted by Gasteiger charge is -2.38. The molecule has 1 saturated carbocycles. The van der Waals surface area contributed by atoms with Crippen LogP contribution in [0.1, 0.15) is 45.1 Å². The average molecular weight is 348 g/mol. The summed E-state index contributed by atoms with van der Waals surface area (Å²) in [6.07, 6.45) is 3.04. The Hall–Kier alpha value is -2.61. The Kier molecular flexibility index (Phi) is 4.15. The highest BCUT2D eigenvalue weighted by atomic mass is 32.1. The molecular weight excluding hydrogens is 332 g/mol. The average Bonchev–Trinajstić information content (AvgIpc) is 3.12. The number of rotatable bonds is 5. The van der Waals surface area contributed by atoms with Gasteiger partial charge in [0.2, 0.25) is 0 Å². The van der Waals surface area contributed by atoms with E-state index in [1.165, 1.54) is 12.3 Å². The number of aryl methyl sites for hydroxylation is 1. The molecule has 3 rings (SSSR count). The smallest absolute Gasteiger partial charge is 0.329 e. The van der Waals surface area contributed by atoms with E-state index in [1.54, 1.807) is 19.1 Å². The van der Waals surface area contributed by atoms with Crippen LogP contribution >= 0.6 is 11.3 Å². The summed E-state index contributed by atoms with van der Waals surface area (Å²) in [4.78, 5) is 36.1. The van der Waals surface area contributed by atoms with Crippen LogP contribution in [0.15, 0.2) is 28.9 Å². The molecular formula is C16H16N2O5S. The van der Waals surface area contributed by atoms with E-state index in [0.29, 0.717) is 28.3 Å². The number of hydrogen-bond donors (Lipinski definition) is 3. The molecule has 8 heteroatoms. The van der Waals surface area contributed by atoms with E-state index in [4.69, 9.17) is 4.42 Å². The third kappa shape index (κ3) is 2.92. The Bertz CT molecular complexity index is 790. The van der Waals surface area contributed by atoms with Crippen molar-refractivity contribution in [3.8, 4) is 0 Å². The van der Waals surface area contributed by atoms with Crippen LogP contribution in [-0.4, -0.2) is 28.4 Å². The van der Waals surface area contributed by atoms with E-state index >= 15 is 0 Å². The van der Waals surface area contributed by atoms with Crippen LogP contribution in [0.5, 0.6) is 0 Å². The van der Waals surface area contributed by atoms with E-state index in [1.807, 2.05) is 0 Å². The number of hydrogen-bond acceptors (Lipinski definition) is 5. The maximum atomic E-state index is 12.4. The van der Waals surface area contributed by atoms with Crippen molar-refractivity contribution in [1.82, 2.24) is 5.32 Å². The van der Waals surface area contributed by atoms with Gasteiger partial charge in [0, 0.05) is 0 Å². The number of nitrogens with one attached hydrogen (secondary N) is 2. The summed E-state index contributed by atoms with van der Waals surface area (Å²) in [7, 11) is 0. The van der Waals surface area contributed by atoms with E-state index in [0.717, 1.165) is 17.8 Å². The number of carbonyl (C=O) groups is 3. The second kappa shape index (κ2) is 6.12. The lowest BCUT2D eigenvalue weighted by molar-refractivity contribution is -0.148. The fraction of sp³-hybridized carbons (Fsp3) is 0.312. The van der Waals surface area contributed by atoms with Gasteiger partial charge >= 0.3 is 5.97 Å². The summed E-state index contributed by atoms with van der Waals surface area (Å²) in [6, 6.07) is 4.82. The minimum Gasteiger partial charge on any atom is -0.480 e. The van der Waals surface area contributed by atoms with Crippen LogP contribution in [0.2, 0.25) is 0 Å². The predicted molar refractivity (Wildman–Crippen MR) is 87.4 cm³/mol. The van der Waals surface area contributed by atoms with Gasteiger partial charge in [0.25, 0.3) is 11.8 Å². The van der Waals surface area contributed by atoms with Gasteiger partial charge < -0.3 is 20.2 Å². The van der Waals surface area contributed by atoms with Gasteiger partial charge in [-0.2, -0.15) is 0 Å². The molecule has 7 nitrogen and oxygen atoms in total. The summed E-state index contributed by atoms with van der Waals surface area (Å²) >= 11 is 1.10. The fourth-order valence-electron chi connectivity index (χ4n) is 2.55. The second-order valence-corrected chi connectivity index (χ2v) is 6.80. The van der Waals surface area contributed by atoms with Crippen LogP contribution in [0.25, 0.3) is 0 Å². The van der Waals surface area contributed by atoms with Crippen molar-refractivity contribution >= 4 is 34.1 Å². The fourth-order valence-corrected chi connectivity index (χ4v) is 3.51. The molecule has 0 aliphatic heterocycles. The molecule has 1 fully saturated rings. The first-order chi connectivity index (χ1) is 11.4. The van der Waals surface area contributed by atoms with Crippen molar-refractivity contribution in [3.63, 3.8) is 0 Å². The Labute approximate surface area is 141 Å². The van der Waals surface area contributed by atoms with Gasteiger partial charge in [-0.05, 0) is 49.9 Å². The van der Waals surface area contributed by atoms with Gasteiger partial charge in [-0.1, -0.05) is 0 Å². The number of carboxylic acids is 1. The second-order valence-electron chi connectivity index (χ2n) is 5.75. The molecule has 1 aliphatic carbocycles. The normalized spacial score (nSPS) is 15.4. The maximum absolute atomic E-state index is 12.4. The molecule has 0 unspecified atom stereocenters. The molecule has 0 bridgehead atoms. The molecule has 2 aromatic rings. The summed E-state index contributed by atoms with van der Waals surface area (Å²) in [5, 5.41) is 15.1. The Morgan fingerprint density at radius 1 is 1.29 bits per heavy atom. The molecule has 0 aromatic carbocycles. The quantitative estimate of drug-likeness (QED) is 0.770. The number of aliphatic carboxylic acids is 1. The van der Waals surface area contributed by atoms with Gasteiger partial charge in [0.05, 0.1) is 16.1 Å². The van der Waals surface area contributed by atoms with Gasteiger partial charge in [0.1, 0.15) is 5.54 Å². The third-order valence-electron chi connectivity index (χ3n) is 4.08. The van der Waals surface area contributed by atoms with Gasteiger partial charge in [-0.15, -0.1) is 11.3 Å². The molecule has 0 spiro atoms. The zero-order valence-corrected chi connectivity index (χ0v) is 13.7. The zero-order chi connectivity index (χ0) is 17.3. The first kappa shape index (κ1) is 16.3. The minimum absolute atomic E-state index is 0.173. The van der Waals surface area contributed by atoms with Gasteiger partial charge in [-0.3, -0.25) is 9.59 Å². The molecule has 2 aromatic heterocycles. The molecule has 2 heterocycles. The van der Waals surface area contributed by atoms with Crippen LogP contribution in [0.3, 0.4) is 0 Å². The summed E-state index contributed by atoms with van der Waals surface area (Å²) in [6.45, 7) is 1.74. The SMILES string of the molecule is Cc1cc(NC(=O)c2ccco2)sc1C(=O)NC1(C(=O)O)CCC1. The number of thiophene rings is 1. The van der Waals surface area contributed by atoms with Crippen LogP contribution < -0.4 is 10.6 Å². The van der Waals surface area contributed by atoms with E-state index in [-0.39, 0.29) is 5.76 Å². The van der Waals surface area contributed by atoms with E-state index < -0.39 is 23.3 Å². The predicted octanol–water partition coefficient (Wildman–Crippen LogP) is 2.64. The monoisotopic (exact) mass is 348 g/mol. The van der Waals surface area contributed by atoms with Crippen molar-refractivity contribution in [3.05, 3.63) is 40.7 Å². The largest absolute Gasteiger partial charge is 0.480 e. The van der Waals surface area contributed by atoms with Crippen molar-refractivity contribution in [2.75, 3.05) is 5.32 Å².